The van der Waals surface area contributed by atoms with Crippen LogP contribution in [-0.4, -0.2) is 28.0 Å². The Hall–Kier alpha value is -4.59. The highest BCUT2D eigenvalue weighted by Gasteiger charge is 2.38. The van der Waals surface area contributed by atoms with Crippen LogP contribution in [0.15, 0.2) is 65.2 Å². The van der Waals surface area contributed by atoms with Crippen LogP contribution in [0.1, 0.15) is 39.4 Å². The smallest absolute Gasteiger partial charge is 0.328 e. The molecule has 0 amide bonds. The molecule has 0 spiro atoms. The van der Waals surface area contributed by atoms with Gasteiger partial charge in [0.15, 0.2) is 5.76 Å². The number of carbonyl (C=O) groups is 2. The summed E-state index contributed by atoms with van der Waals surface area (Å²) in [5.41, 5.74) is 4.11. The summed E-state index contributed by atoms with van der Waals surface area (Å²) in [4.78, 5) is 38.1. The SMILES string of the molecule is COc1ccc(/C=C2\Oc3c(ccc4c3[C@H](c3ccc5c(c3)n(C)c(=O)n5C)CC(=O)O4)C2=O)cc1. The molecule has 2 aliphatic rings. The Kier molecular flexibility index (Phi) is 4.86. The molecule has 0 fully saturated rings. The zero-order chi connectivity index (χ0) is 25.1. The van der Waals surface area contributed by atoms with Gasteiger partial charge in [-0.05, 0) is 53.6 Å². The number of esters is 1. The summed E-state index contributed by atoms with van der Waals surface area (Å²) >= 11 is 0. The van der Waals surface area contributed by atoms with Gasteiger partial charge in [0.1, 0.15) is 17.2 Å². The lowest BCUT2D eigenvalue weighted by molar-refractivity contribution is -0.135. The van der Waals surface area contributed by atoms with Gasteiger partial charge in [0, 0.05) is 25.6 Å². The second-order valence-corrected chi connectivity index (χ2v) is 8.95. The van der Waals surface area contributed by atoms with Crippen molar-refractivity contribution in [3.05, 3.63) is 93.1 Å². The van der Waals surface area contributed by atoms with Crippen LogP contribution in [-0.2, 0) is 18.9 Å². The fraction of sp³-hybridized carbons (Fsp3) is 0.179. The third-order valence-electron chi connectivity index (χ3n) is 6.89. The number of imidazole rings is 1. The summed E-state index contributed by atoms with van der Waals surface area (Å²) in [7, 11) is 5.03. The van der Waals surface area contributed by atoms with Gasteiger partial charge in [-0.2, -0.15) is 0 Å². The molecule has 0 saturated carbocycles. The number of rotatable bonds is 3. The number of ether oxygens (including phenoxy) is 3. The van der Waals surface area contributed by atoms with Crippen molar-refractivity contribution < 1.29 is 23.8 Å². The number of benzene rings is 3. The third kappa shape index (κ3) is 3.25. The number of hydrogen-bond acceptors (Lipinski definition) is 6. The molecule has 0 aliphatic carbocycles. The lowest BCUT2D eigenvalue weighted by Crippen LogP contribution is -2.21. The number of allylic oxidation sites excluding steroid dienone is 1. The van der Waals surface area contributed by atoms with E-state index in [1.165, 1.54) is 0 Å². The van der Waals surface area contributed by atoms with Crippen LogP contribution < -0.4 is 19.9 Å². The molecule has 6 rings (SSSR count). The van der Waals surface area contributed by atoms with E-state index in [0.717, 1.165) is 22.2 Å². The van der Waals surface area contributed by atoms with Gasteiger partial charge >= 0.3 is 11.7 Å². The second-order valence-electron chi connectivity index (χ2n) is 8.95. The second kappa shape index (κ2) is 7.98. The van der Waals surface area contributed by atoms with Crippen molar-refractivity contribution in [2.75, 3.05) is 7.11 Å². The number of nitrogens with zero attached hydrogens (tertiary/aromatic N) is 2. The fourth-order valence-electron chi connectivity index (χ4n) is 4.98. The maximum Gasteiger partial charge on any atom is 0.328 e. The Morgan fingerprint density at radius 3 is 2.42 bits per heavy atom. The van der Waals surface area contributed by atoms with Gasteiger partial charge in [-0.15, -0.1) is 0 Å². The maximum atomic E-state index is 13.2. The standard InChI is InChI=1S/C28H22N2O6/c1-29-20-10-6-16(13-21(20)30(2)28(29)33)19-14-24(31)35-22-11-9-18-26(32)23(36-27(18)25(19)22)12-15-4-7-17(34-3)8-5-15/h4-13,19H,14H2,1-3H3/b23-12-/t19-/m0/s1. The number of aromatic nitrogens is 2. The van der Waals surface area contributed by atoms with Crippen molar-refractivity contribution in [2.24, 2.45) is 14.1 Å². The average molecular weight is 482 g/mol. The van der Waals surface area contributed by atoms with E-state index in [0.29, 0.717) is 28.4 Å². The third-order valence-corrected chi connectivity index (χ3v) is 6.89. The van der Waals surface area contributed by atoms with Crippen molar-refractivity contribution in [1.82, 2.24) is 9.13 Å². The molecule has 0 bridgehead atoms. The van der Waals surface area contributed by atoms with Gasteiger partial charge < -0.3 is 14.2 Å². The van der Waals surface area contributed by atoms with Crippen LogP contribution in [0.5, 0.6) is 17.2 Å². The van der Waals surface area contributed by atoms with Crippen LogP contribution >= 0.6 is 0 Å². The predicted octanol–water partition coefficient (Wildman–Crippen LogP) is 3.94. The van der Waals surface area contributed by atoms with Crippen LogP contribution in [0.4, 0.5) is 0 Å². The van der Waals surface area contributed by atoms with Crippen molar-refractivity contribution in [2.45, 2.75) is 12.3 Å². The Labute approximate surface area is 205 Å². The van der Waals surface area contributed by atoms with Crippen LogP contribution in [0.2, 0.25) is 0 Å². The van der Waals surface area contributed by atoms with Gasteiger partial charge in [-0.25, -0.2) is 4.79 Å². The molecule has 1 atom stereocenters. The quantitative estimate of drug-likeness (QED) is 0.250. The average Bonchev–Trinajstić information content (AvgIpc) is 3.32. The van der Waals surface area contributed by atoms with E-state index in [1.807, 2.05) is 42.5 Å². The first-order valence-electron chi connectivity index (χ1n) is 11.5. The lowest BCUT2D eigenvalue weighted by Gasteiger charge is -2.26. The van der Waals surface area contributed by atoms with Crippen molar-refractivity contribution in [3.63, 3.8) is 0 Å². The summed E-state index contributed by atoms with van der Waals surface area (Å²) in [5, 5.41) is 0. The molecule has 2 aliphatic heterocycles. The lowest BCUT2D eigenvalue weighted by atomic mass is 9.84. The monoisotopic (exact) mass is 482 g/mol. The number of carbonyl (C=O) groups excluding carboxylic acids is 2. The zero-order valence-electron chi connectivity index (χ0n) is 19.9. The molecule has 0 saturated heterocycles. The molecule has 0 unspecified atom stereocenters. The van der Waals surface area contributed by atoms with E-state index in [2.05, 4.69) is 0 Å². The van der Waals surface area contributed by atoms with Gasteiger partial charge in [-0.1, -0.05) is 18.2 Å². The van der Waals surface area contributed by atoms with Gasteiger partial charge in [0.2, 0.25) is 5.78 Å². The predicted molar refractivity (Wildman–Crippen MR) is 133 cm³/mol. The molecule has 1 aromatic heterocycles. The first kappa shape index (κ1) is 21.9. The van der Waals surface area contributed by atoms with Crippen LogP contribution in [0, 0.1) is 0 Å². The summed E-state index contributed by atoms with van der Waals surface area (Å²) in [6, 6.07) is 16.3. The van der Waals surface area contributed by atoms with E-state index in [4.69, 9.17) is 14.2 Å². The van der Waals surface area contributed by atoms with E-state index in [9.17, 15) is 14.4 Å². The molecule has 8 heteroatoms. The van der Waals surface area contributed by atoms with Crippen LogP contribution in [0.3, 0.4) is 0 Å². The minimum absolute atomic E-state index is 0.0881. The first-order valence-corrected chi connectivity index (χ1v) is 11.5. The molecule has 0 radical (unpaired) electrons. The highest BCUT2D eigenvalue weighted by atomic mass is 16.5. The van der Waals surface area contributed by atoms with Crippen molar-refractivity contribution >= 4 is 28.9 Å². The zero-order valence-corrected chi connectivity index (χ0v) is 19.9. The number of fused-ring (bicyclic) bond motifs is 4. The molecule has 180 valence electrons. The number of methoxy groups -OCH3 is 1. The topological polar surface area (TPSA) is 88.8 Å². The first-order chi connectivity index (χ1) is 17.4. The van der Waals surface area contributed by atoms with Gasteiger partial charge in [-0.3, -0.25) is 18.7 Å². The minimum atomic E-state index is -0.399. The Morgan fingerprint density at radius 2 is 1.67 bits per heavy atom. The Morgan fingerprint density at radius 1 is 0.917 bits per heavy atom. The molecule has 3 heterocycles. The molecule has 8 nitrogen and oxygen atoms in total. The number of hydrogen-bond donors (Lipinski definition) is 0. The Bertz CT molecular complexity index is 1670. The maximum absolute atomic E-state index is 13.2. The minimum Gasteiger partial charge on any atom is -0.497 e. The highest BCUT2D eigenvalue weighted by Crippen LogP contribution is 2.49. The largest absolute Gasteiger partial charge is 0.497 e. The molecule has 0 N–H and O–H groups in total. The van der Waals surface area contributed by atoms with Crippen LogP contribution in [0.25, 0.3) is 17.1 Å². The van der Waals surface area contributed by atoms with E-state index >= 15 is 0 Å². The molecule has 3 aromatic carbocycles. The van der Waals surface area contributed by atoms with Crippen molar-refractivity contribution in [3.8, 4) is 17.2 Å². The molecule has 36 heavy (non-hydrogen) atoms. The number of Topliss-reactive ketones (excluding diaryl/α,β-unsaturated/α-hetero) is 1. The summed E-state index contributed by atoms with van der Waals surface area (Å²) in [5.74, 6) is 0.676. The molecular weight excluding hydrogens is 460 g/mol. The summed E-state index contributed by atoms with van der Waals surface area (Å²) in [6.07, 6.45) is 1.77. The highest BCUT2D eigenvalue weighted by molar-refractivity contribution is 6.15. The van der Waals surface area contributed by atoms with Gasteiger partial charge in [0.25, 0.3) is 0 Å². The molecule has 4 aromatic rings. The van der Waals surface area contributed by atoms with Crippen molar-refractivity contribution in [1.29, 1.82) is 0 Å². The fourth-order valence-corrected chi connectivity index (χ4v) is 4.98. The Balaban J connectivity index is 1.46. The molecular formula is C28H22N2O6. The van der Waals surface area contributed by atoms with E-state index in [-0.39, 0.29) is 29.6 Å². The normalized spacial score (nSPS) is 17.6. The van der Waals surface area contributed by atoms with E-state index in [1.54, 1.807) is 48.5 Å². The summed E-state index contributed by atoms with van der Waals surface area (Å²) < 4.78 is 20.0. The number of ketones is 1. The van der Waals surface area contributed by atoms with E-state index < -0.39 is 5.92 Å². The summed E-state index contributed by atoms with van der Waals surface area (Å²) in [6.45, 7) is 0. The van der Waals surface area contributed by atoms with Gasteiger partial charge in [0.05, 0.1) is 30.1 Å². The number of aryl methyl sites for hydroxylation is 2.